The molecule has 30 heavy (non-hydrogen) atoms. The number of piperazine rings is 1. The van der Waals surface area contributed by atoms with Crippen molar-refractivity contribution < 1.29 is 9.84 Å². The number of pyridine rings is 1. The molecule has 1 aliphatic rings. The molecule has 0 saturated carbocycles. The molecular weight excluding hydrogens is 378 g/mol. The highest BCUT2D eigenvalue weighted by molar-refractivity contribution is 5.79. The minimum atomic E-state index is -0.549. The number of aromatic nitrogens is 1. The fraction of sp³-hybridized carbons (Fsp3) is 0.375. The number of nitrogens with one attached hydrogen (secondary N) is 1. The maximum absolute atomic E-state index is 11.4. The highest BCUT2D eigenvalue weighted by Gasteiger charge is 2.19. The molecule has 1 atom stereocenters. The molecule has 0 bridgehead atoms. The van der Waals surface area contributed by atoms with Gasteiger partial charge in [0.05, 0.1) is 0 Å². The van der Waals surface area contributed by atoms with E-state index in [4.69, 9.17) is 4.74 Å². The zero-order chi connectivity index (χ0) is 20.9. The van der Waals surface area contributed by atoms with E-state index in [1.165, 1.54) is 17.3 Å². The van der Waals surface area contributed by atoms with E-state index in [1.54, 1.807) is 6.07 Å². The van der Waals surface area contributed by atoms with Gasteiger partial charge in [-0.1, -0.05) is 19.1 Å². The van der Waals surface area contributed by atoms with Crippen molar-refractivity contribution in [3.63, 3.8) is 0 Å². The molecule has 0 unspecified atom stereocenters. The molecule has 2 aromatic carbocycles. The van der Waals surface area contributed by atoms with Gasteiger partial charge in [-0.3, -0.25) is 9.69 Å². The number of aliphatic hydroxyl groups excluding tert-OH is 1. The molecular formula is C24H29N3O3. The number of ether oxygens (including phenoxy) is 1. The second-order valence-electron chi connectivity index (χ2n) is 7.84. The first-order chi connectivity index (χ1) is 14.6. The van der Waals surface area contributed by atoms with Gasteiger partial charge in [-0.15, -0.1) is 0 Å². The Morgan fingerprint density at radius 1 is 1.03 bits per heavy atom. The number of benzene rings is 2. The third-order valence-electron chi connectivity index (χ3n) is 5.69. The normalized spacial score (nSPS) is 16.0. The number of hydrogen-bond donors (Lipinski definition) is 2. The first-order valence-corrected chi connectivity index (χ1v) is 10.6. The van der Waals surface area contributed by atoms with Crippen LogP contribution in [0.4, 0.5) is 5.69 Å². The van der Waals surface area contributed by atoms with Crippen LogP contribution in [-0.2, 0) is 6.42 Å². The van der Waals surface area contributed by atoms with E-state index in [0.717, 1.165) is 43.5 Å². The molecule has 2 heterocycles. The number of aryl methyl sites for hydroxylation is 1. The topological polar surface area (TPSA) is 68.8 Å². The predicted molar refractivity (Wildman–Crippen MR) is 121 cm³/mol. The van der Waals surface area contributed by atoms with Crippen LogP contribution in [0, 0.1) is 0 Å². The zero-order valence-corrected chi connectivity index (χ0v) is 17.4. The molecule has 4 rings (SSSR count). The van der Waals surface area contributed by atoms with Crippen LogP contribution in [-0.4, -0.2) is 60.4 Å². The molecule has 0 spiro atoms. The van der Waals surface area contributed by atoms with Gasteiger partial charge in [0.2, 0.25) is 5.56 Å². The first-order valence-electron chi connectivity index (χ1n) is 10.6. The van der Waals surface area contributed by atoms with Crippen molar-refractivity contribution in [1.29, 1.82) is 0 Å². The maximum atomic E-state index is 11.4. The molecule has 6 heteroatoms. The largest absolute Gasteiger partial charge is 0.491 e. The Labute approximate surface area is 176 Å². The smallest absolute Gasteiger partial charge is 0.248 e. The lowest BCUT2D eigenvalue weighted by atomic mass is 10.1. The molecule has 2 N–H and O–H groups in total. The van der Waals surface area contributed by atoms with Gasteiger partial charge in [0.15, 0.2) is 0 Å². The number of nitrogens with zero attached hydrogens (tertiary/aromatic N) is 2. The van der Waals surface area contributed by atoms with Crippen molar-refractivity contribution in [2.24, 2.45) is 0 Å². The van der Waals surface area contributed by atoms with Crippen LogP contribution < -0.4 is 15.2 Å². The minimum Gasteiger partial charge on any atom is -0.491 e. The van der Waals surface area contributed by atoms with Gasteiger partial charge in [0.25, 0.3) is 0 Å². The highest BCUT2D eigenvalue weighted by atomic mass is 16.5. The molecule has 1 fully saturated rings. The lowest BCUT2D eigenvalue weighted by Gasteiger charge is -2.37. The number of β-amino-alcohol motifs (C(OH)–C–C–N with tert-alkyl or cyclic N) is 1. The van der Waals surface area contributed by atoms with Crippen LogP contribution in [0.15, 0.2) is 59.4 Å². The second-order valence-corrected chi connectivity index (χ2v) is 7.84. The monoisotopic (exact) mass is 407 g/mol. The Morgan fingerprint density at radius 3 is 2.53 bits per heavy atom. The lowest BCUT2D eigenvalue weighted by molar-refractivity contribution is 0.0663. The van der Waals surface area contributed by atoms with Gasteiger partial charge in [0.1, 0.15) is 18.5 Å². The summed E-state index contributed by atoms with van der Waals surface area (Å²) in [7, 11) is 0. The van der Waals surface area contributed by atoms with E-state index in [-0.39, 0.29) is 12.2 Å². The summed E-state index contributed by atoms with van der Waals surface area (Å²) in [6, 6.07) is 17.6. The van der Waals surface area contributed by atoms with E-state index in [1.807, 2.05) is 18.2 Å². The van der Waals surface area contributed by atoms with E-state index in [2.05, 4.69) is 46.0 Å². The molecule has 6 nitrogen and oxygen atoms in total. The summed E-state index contributed by atoms with van der Waals surface area (Å²) in [4.78, 5) is 18.8. The van der Waals surface area contributed by atoms with Crippen molar-refractivity contribution >= 4 is 16.6 Å². The van der Waals surface area contributed by atoms with Crippen LogP contribution in [0.25, 0.3) is 10.9 Å². The Hall–Kier alpha value is -2.83. The standard InChI is InChI=1S/C24H29N3O3/c1-2-18-3-6-20(7-4-18)27-13-11-26(12-14-27)16-21(28)17-30-22-8-9-23-19(15-22)5-10-24(29)25-23/h3-10,15,21,28H,2,11-14,16-17H2,1H3,(H,25,29)/t21-/m0/s1. The van der Waals surface area contributed by atoms with Crippen molar-refractivity contribution in [3.05, 3.63) is 70.5 Å². The van der Waals surface area contributed by atoms with Crippen molar-refractivity contribution in [1.82, 2.24) is 9.88 Å². The zero-order valence-electron chi connectivity index (χ0n) is 17.4. The average molecular weight is 408 g/mol. The van der Waals surface area contributed by atoms with Crippen LogP contribution in [0.2, 0.25) is 0 Å². The van der Waals surface area contributed by atoms with Crippen LogP contribution in [0.1, 0.15) is 12.5 Å². The van der Waals surface area contributed by atoms with Crippen LogP contribution in [0.5, 0.6) is 5.75 Å². The molecule has 1 aromatic heterocycles. The van der Waals surface area contributed by atoms with E-state index in [9.17, 15) is 9.90 Å². The average Bonchev–Trinajstić information content (AvgIpc) is 2.78. The van der Waals surface area contributed by atoms with Gasteiger partial charge in [-0.25, -0.2) is 0 Å². The van der Waals surface area contributed by atoms with Crippen molar-refractivity contribution in [3.8, 4) is 5.75 Å². The van der Waals surface area contributed by atoms with E-state index in [0.29, 0.717) is 12.3 Å². The quantitative estimate of drug-likeness (QED) is 0.630. The highest BCUT2D eigenvalue weighted by Crippen LogP contribution is 2.19. The Kier molecular flexibility index (Phi) is 6.35. The molecule has 1 saturated heterocycles. The van der Waals surface area contributed by atoms with Gasteiger partial charge in [0, 0.05) is 55.4 Å². The molecule has 0 amide bonds. The molecule has 1 aliphatic heterocycles. The minimum absolute atomic E-state index is 0.121. The fourth-order valence-electron chi connectivity index (χ4n) is 3.90. The Bertz CT molecular complexity index is 1020. The third kappa shape index (κ3) is 5.01. The summed E-state index contributed by atoms with van der Waals surface area (Å²) in [5, 5.41) is 11.3. The summed E-state index contributed by atoms with van der Waals surface area (Å²) in [6.07, 6.45) is 0.513. The summed E-state index contributed by atoms with van der Waals surface area (Å²) in [5.41, 5.74) is 3.29. The summed E-state index contributed by atoms with van der Waals surface area (Å²) in [6.45, 7) is 6.79. The molecule has 0 radical (unpaired) electrons. The van der Waals surface area contributed by atoms with Crippen LogP contribution >= 0.6 is 0 Å². The lowest BCUT2D eigenvalue weighted by Crippen LogP contribution is -2.49. The molecule has 0 aliphatic carbocycles. The Morgan fingerprint density at radius 2 is 1.80 bits per heavy atom. The predicted octanol–water partition coefficient (Wildman–Crippen LogP) is 2.65. The number of anilines is 1. The summed E-state index contributed by atoms with van der Waals surface area (Å²) in [5.74, 6) is 0.689. The van der Waals surface area contributed by atoms with Gasteiger partial charge >= 0.3 is 0 Å². The van der Waals surface area contributed by atoms with Gasteiger partial charge in [-0.05, 0) is 48.4 Å². The number of fused-ring (bicyclic) bond motifs is 1. The second kappa shape index (κ2) is 9.32. The number of hydrogen-bond acceptors (Lipinski definition) is 5. The summed E-state index contributed by atoms with van der Waals surface area (Å²) < 4.78 is 5.78. The van der Waals surface area contributed by atoms with Crippen LogP contribution in [0.3, 0.4) is 0 Å². The fourth-order valence-corrected chi connectivity index (χ4v) is 3.90. The number of aromatic amines is 1. The maximum Gasteiger partial charge on any atom is 0.248 e. The van der Waals surface area contributed by atoms with Gasteiger partial charge < -0.3 is 19.7 Å². The number of aliphatic hydroxyl groups is 1. The van der Waals surface area contributed by atoms with Crippen molar-refractivity contribution in [2.45, 2.75) is 19.4 Å². The molecule has 3 aromatic rings. The molecule has 158 valence electrons. The third-order valence-corrected chi connectivity index (χ3v) is 5.69. The number of H-pyrrole nitrogens is 1. The SMILES string of the molecule is CCc1ccc(N2CCN(C[C@H](O)COc3ccc4[nH]c(=O)ccc4c3)CC2)cc1. The Balaban J connectivity index is 1.24. The van der Waals surface area contributed by atoms with E-state index >= 15 is 0 Å². The van der Waals surface area contributed by atoms with E-state index < -0.39 is 6.10 Å². The summed E-state index contributed by atoms with van der Waals surface area (Å²) >= 11 is 0. The van der Waals surface area contributed by atoms with Crippen molar-refractivity contribution in [2.75, 3.05) is 44.2 Å². The first kappa shape index (κ1) is 20.4. The number of rotatable bonds is 7. The van der Waals surface area contributed by atoms with Gasteiger partial charge in [-0.2, -0.15) is 0 Å².